The number of aryl methyl sites for hydroxylation is 3. The van der Waals surface area contributed by atoms with E-state index in [9.17, 15) is 4.79 Å². The molecule has 0 bridgehead atoms. The first-order valence-corrected chi connectivity index (χ1v) is 11.8. The van der Waals surface area contributed by atoms with Gasteiger partial charge in [0.05, 0.1) is 0 Å². The standard InChI is InChI=1S/C31H31NO.CH4.H2/c1-24-10-8-13-26(22-24)27-18-19-30(31(33)20-17-25-11-4-2-5-12-25)28(23-27)14-9-16-29-15-6-3-7-21-32-29;;/h2,4-8,10-13,15,18-19,21-23H,3,9,14,16-17,20H2,1H3;1H4;1H. The molecule has 176 valence electrons. The van der Waals surface area contributed by atoms with Gasteiger partial charge in [-0.15, -0.1) is 0 Å². The molecule has 1 aliphatic heterocycles. The average Bonchev–Trinajstić information content (AvgIpc) is 3.12. The van der Waals surface area contributed by atoms with Crippen LogP contribution in [0.2, 0.25) is 0 Å². The normalized spacial score (nSPS) is 12.6. The molecule has 0 atom stereocenters. The van der Waals surface area contributed by atoms with Gasteiger partial charge in [0.1, 0.15) is 0 Å². The maximum Gasteiger partial charge on any atom is 0.163 e. The Labute approximate surface area is 206 Å². The van der Waals surface area contributed by atoms with Crippen molar-refractivity contribution in [1.29, 1.82) is 0 Å². The van der Waals surface area contributed by atoms with Crippen molar-refractivity contribution in [3.63, 3.8) is 0 Å². The highest BCUT2D eigenvalue weighted by Crippen LogP contribution is 2.26. The van der Waals surface area contributed by atoms with Crippen molar-refractivity contribution in [2.75, 3.05) is 0 Å². The van der Waals surface area contributed by atoms with E-state index in [2.05, 4.69) is 78.7 Å². The third-order valence-electron chi connectivity index (χ3n) is 6.05. The van der Waals surface area contributed by atoms with Gasteiger partial charge in [-0.1, -0.05) is 97.9 Å². The molecule has 3 aromatic carbocycles. The number of carbonyl (C=O) groups excluding carboxylic acids is 1. The molecule has 4 rings (SSSR count). The molecule has 0 aromatic heterocycles. The first-order chi connectivity index (χ1) is 16.2. The van der Waals surface area contributed by atoms with Gasteiger partial charge in [-0.2, -0.15) is 0 Å². The summed E-state index contributed by atoms with van der Waals surface area (Å²) in [6.45, 7) is 2.11. The highest BCUT2D eigenvalue weighted by molar-refractivity contribution is 5.98. The monoisotopic (exact) mass is 451 g/mol. The number of ketones is 1. The maximum absolute atomic E-state index is 13.2. The fraction of sp³-hybridized carbons (Fsp3) is 0.250. The van der Waals surface area contributed by atoms with Crippen LogP contribution in [0, 0.1) is 6.92 Å². The third-order valence-corrected chi connectivity index (χ3v) is 6.05. The largest absolute Gasteiger partial charge is 0.294 e. The van der Waals surface area contributed by atoms with Crippen molar-refractivity contribution in [2.24, 2.45) is 4.99 Å². The Morgan fingerprint density at radius 1 is 0.882 bits per heavy atom. The van der Waals surface area contributed by atoms with Gasteiger partial charge in [0.15, 0.2) is 5.78 Å². The molecule has 34 heavy (non-hydrogen) atoms. The molecule has 0 fully saturated rings. The minimum Gasteiger partial charge on any atom is -0.294 e. The Balaban J connectivity index is 0.00000216. The molecule has 0 amide bonds. The van der Waals surface area contributed by atoms with Crippen LogP contribution in [0.5, 0.6) is 0 Å². The zero-order valence-electron chi connectivity index (χ0n) is 19.3. The quantitative estimate of drug-likeness (QED) is 0.299. The second-order valence-corrected chi connectivity index (χ2v) is 8.65. The smallest absolute Gasteiger partial charge is 0.163 e. The highest BCUT2D eigenvalue weighted by atomic mass is 16.1. The van der Waals surface area contributed by atoms with E-state index in [0.29, 0.717) is 6.42 Å². The minimum absolute atomic E-state index is 0. The van der Waals surface area contributed by atoms with E-state index in [1.807, 2.05) is 30.5 Å². The van der Waals surface area contributed by atoms with Gasteiger partial charge >= 0.3 is 0 Å². The van der Waals surface area contributed by atoms with Gasteiger partial charge in [-0.3, -0.25) is 9.79 Å². The molecule has 0 spiro atoms. The van der Waals surface area contributed by atoms with Gasteiger partial charge in [0.2, 0.25) is 0 Å². The highest BCUT2D eigenvalue weighted by Gasteiger charge is 2.14. The second-order valence-electron chi connectivity index (χ2n) is 8.65. The Morgan fingerprint density at radius 3 is 2.53 bits per heavy atom. The number of nitrogens with zero attached hydrogens (tertiary/aromatic N) is 1. The van der Waals surface area contributed by atoms with Crippen molar-refractivity contribution < 1.29 is 6.22 Å². The van der Waals surface area contributed by atoms with Gasteiger partial charge in [-0.25, -0.2) is 0 Å². The number of benzene rings is 3. The number of aliphatic imine (C=N–C) groups is 1. The molecular formula is C32H37NO. The molecule has 2 heteroatoms. The summed E-state index contributed by atoms with van der Waals surface area (Å²) in [6.07, 6.45) is 13.2. The van der Waals surface area contributed by atoms with E-state index >= 15 is 0 Å². The van der Waals surface area contributed by atoms with Crippen LogP contribution in [0.15, 0.2) is 102 Å². The van der Waals surface area contributed by atoms with Crippen LogP contribution in [-0.2, 0) is 12.8 Å². The van der Waals surface area contributed by atoms with Crippen molar-refractivity contribution in [3.8, 4) is 11.1 Å². The molecule has 0 aliphatic carbocycles. The van der Waals surface area contributed by atoms with E-state index < -0.39 is 0 Å². The third kappa shape index (κ3) is 6.99. The number of allylic oxidation sites excluding steroid dienone is 3. The summed E-state index contributed by atoms with van der Waals surface area (Å²) in [6, 6.07) is 25.1. The Hall–Kier alpha value is -3.52. The summed E-state index contributed by atoms with van der Waals surface area (Å²) in [5.41, 5.74) is 7.92. The molecule has 0 saturated carbocycles. The first kappa shape index (κ1) is 25.1. The lowest BCUT2D eigenvalue weighted by Gasteiger charge is -2.13. The summed E-state index contributed by atoms with van der Waals surface area (Å²) >= 11 is 0. The summed E-state index contributed by atoms with van der Waals surface area (Å²) in [7, 11) is 0. The van der Waals surface area contributed by atoms with E-state index in [-0.39, 0.29) is 14.6 Å². The zero-order valence-corrected chi connectivity index (χ0v) is 19.3. The SMILES string of the molecule is C.Cc1cccc(-c2ccc(C(=O)CCc3ccccc3)c(CCCC3=NC=CCC=C3)c2)c1.[HH]. The minimum atomic E-state index is 0. The van der Waals surface area contributed by atoms with Crippen molar-refractivity contribution in [1.82, 2.24) is 0 Å². The predicted octanol–water partition coefficient (Wildman–Crippen LogP) is 8.60. The number of rotatable bonds is 9. The lowest BCUT2D eigenvalue weighted by atomic mass is 9.91. The number of carbonyl (C=O) groups is 1. The van der Waals surface area contributed by atoms with Crippen LogP contribution in [0.3, 0.4) is 0 Å². The summed E-state index contributed by atoms with van der Waals surface area (Å²) < 4.78 is 0. The molecule has 0 saturated heterocycles. The molecule has 2 nitrogen and oxygen atoms in total. The zero-order chi connectivity index (χ0) is 22.9. The second kappa shape index (κ2) is 12.6. The molecule has 0 unspecified atom stereocenters. The van der Waals surface area contributed by atoms with E-state index in [0.717, 1.165) is 48.9 Å². The molecule has 3 aromatic rings. The van der Waals surface area contributed by atoms with Gasteiger partial charge < -0.3 is 0 Å². The van der Waals surface area contributed by atoms with Crippen molar-refractivity contribution in [3.05, 3.63) is 119 Å². The van der Waals surface area contributed by atoms with E-state index in [1.54, 1.807) is 0 Å². The molecule has 0 N–H and O–H groups in total. The first-order valence-electron chi connectivity index (χ1n) is 11.8. The van der Waals surface area contributed by atoms with Crippen LogP contribution in [0.1, 0.15) is 61.6 Å². The number of Topliss-reactive ketones (excluding diaryl/α,β-unsaturated/α-hetero) is 1. The number of hydrogen-bond donors (Lipinski definition) is 0. The van der Waals surface area contributed by atoms with Gasteiger partial charge in [-0.05, 0) is 67.4 Å². The lowest BCUT2D eigenvalue weighted by molar-refractivity contribution is 0.0982. The van der Waals surface area contributed by atoms with Crippen LogP contribution < -0.4 is 0 Å². The fourth-order valence-electron chi connectivity index (χ4n) is 4.26. The van der Waals surface area contributed by atoms with Gasteiger partial charge in [0.25, 0.3) is 0 Å². The van der Waals surface area contributed by atoms with Crippen molar-refractivity contribution in [2.45, 2.75) is 52.9 Å². The van der Waals surface area contributed by atoms with Crippen LogP contribution >= 0.6 is 0 Å². The molecule has 1 heterocycles. The maximum atomic E-state index is 13.2. The van der Waals surface area contributed by atoms with Crippen LogP contribution in [-0.4, -0.2) is 11.5 Å². The van der Waals surface area contributed by atoms with Crippen LogP contribution in [0.4, 0.5) is 0 Å². The van der Waals surface area contributed by atoms with Crippen LogP contribution in [0.25, 0.3) is 11.1 Å². The Morgan fingerprint density at radius 2 is 1.71 bits per heavy atom. The lowest BCUT2D eigenvalue weighted by Crippen LogP contribution is -2.07. The van der Waals surface area contributed by atoms with E-state index in [1.165, 1.54) is 22.3 Å². The number of hydrogen-bond acceptors (Lipinski definition) is 2. The molecule has 1 aliphatic rings. The topological polar surface area (TPSA) is 29.4 Å². The predicted molar refractivity (Wildman–Crippen MR) is 148 cm³/mol. The van der Waals surface area contributed by atoms with Crippen molar-refractivity contribution >= 4 is 11.5 Å². The Bertz CT molecular complexity index is 1190. The Kier molecular flexibility index (Phi) is 9.34. The van der Waals surface area contributed by atoms with Gasteiger partial charge in [0, 0.05) is 25.3 Å². The summed E-state index contributed by atoms with van der Waals surface area (Å²) in [5, 5.41) is 0. The molecular weight excluding hydrogens is 414 g/mol. The fourth-order valence-corrected chi connectivity index (χ4v) is 4.26. The summed E-state index contributed by atoms with van der Waals surface area (Å²) in [4.78, 5) is 17.7. The molecule has 0 radical (unpaired) electrons. The van der Waals surface area contributed by atoms with E-state index in [4.69, 9.17) is 0 Å². The average molecular weight is 452 g/mol. The summed E-state index contributed by atoms with van der Waals surface area (Å²) in [5.74, 6) is 0.222.